The smallest absolute Gasteiger partial charge is 0.183 e. The number of hydrogen-bond acceptors (Lipinski definition) is 5. The summed E-state index contributed by atoms with van der Waals surface area (Å²) in [5, 5.41) is 9.02. The first-order valence-corrected chi connectivity index (χ1v) is 5.98. The Balaban J connectivity index is 2.21. The van der Waals surface area contributed by atoms with Crippen LogP contribution in [0.5, 0.6) is 0 Å². The van der Waals surface area contributed by atoms with E-state index in [1.165, 1.54) is 0 Å². The molecule has 0 spiro atoms. The molecule has 0 bridgehead atoms. The minimum Gasteiger partial charge on any atom is -0.354 e. The summed E-state index contributed by atoms with van der Waals surface area (Å²) in [6.07, 6.45) is 5.18. The van der Waals surface area contributed by atoms with Crippen LogP contribution in [0.4, 0.5) is 5.82 Å². The first-order valence-electron chi connectivity index (χ1n) is 5.98. The van der Waals surface area contributed by atoms with Crippen molar-refractivity contribution in [1.82, 2.24) is 9.97 Å². The lowest BCUT2D eigenvalue weighted by molar-refractivity contribution is 0.346. The van der Waals surface area contributed by atoms with Gasteiger partial charge in [-0.2, -0.15) is 5.26 Å². The van der Waals surface area contributed by atoms with E-state index in [2.05, 4.69) is 27.9 Å². The maximum Gasteiger partial charge on any atom is 0.183 e. The van der Waals surface area contributed by atoms with Crippen molar-refractivity contribution >= 4 is 5.82 Å². The van der Waals surface area contributed by atoms with Crippen LogP contribution in [0.25, 0.3) is 0 Å². The fraction of sp³-hybridized carbons (Fsp3) is 0.583. The van der Waals surface area contributed by atoms with Crippen molar-refractivity contribution in [2.45, 2.75) is 25.8 Å². The van der Waals surface area contributed by atoms with Crippen LogP contribution < -0.4 is 10.6 Å². The topological polar surface area (TPSA) is 78.8 Å². The monoisotopic (exact) mass is 231 g/mol. The first-order chi connectivity index (χ1) is 8.26. The van der Waals surface area contributed by atoms with Crippen molar-refractivity contribution in [3.05, 3.63) is 18.1 Å². The van der Waals surface area contributed by atoms with Gasteiger partial charge in [0.25, 0.3) is 0 Å². The molecule has 1 aromatic heterocycles. The molecule has 5 nitrogen and oxygen atoms in total. The number of aromatic nitrogens is 2. The fourth-order valence-corrected chi connectivity index (χ4v) is 2.32. The predicted octanol–water partition coefficient (Wildman–Crippen LogP) is 0.912. The van der Waals surface area contributed by atoms with Crippen LogP contribution in [0.1, 0.15) is 25.5 Å². The molecule has 1 aliphatic rings. The van der Waals surface area contributed by atoms with E-state index < -0.39 is 0 Å². The van der Waals surface area contributed by atoms with Crippen molar-refractivity contribution in [3.63, 3.8) is 0 Å². The molecule has 2 rings (SSSR count). The van der Waals surface area contributed by atoms with Gasteiger partial charge < -0.3 is 10.6 Å². The lowest BCUT2D eigenvalue weighted by Gasteiger charge is -2.37. The maximum absolute atomic E-state index is 9.02. The summed E-state index contributed by atoms with van der Waals surface area (Å²) >= 11 is 0. The molecule has 2 heterocycles. The molecule has 5 heteroatoms. The lowest BCUT2D eigenvalue weighted by Crippen LogP contribution is -2.47. The van der Waals surface area contributed by atoms with Crippen molar-refractivity contribution in [1.29, 1.82) is 5.26 Å². The fourth-order valence-electron chi connectivity index (χ4n) is 2.32. The van der Waals surface area contributed by atoms with Gasteiger partial charge in [-0.3, -0.25) is 0 Å². The van der Waals surface area contributed by atoms with E-state index in [0.717, 1.165) is 25.9 Å². The minimum absolute atomic E-state index is 0.262. The van der Waals surface area contributed by atoms with Gasteiger partial charge in [0.1, 0.15) is 6.07 Å². The Kier molecular flexibility index (Phi) is 3.55. The Labute approximate surface area is 101 Å². The molecule has 0 radical (unpaired) electrons. The third kappa shape index (κ3) is 2.37. The Bertz CT molecular complexity index is 425. The predicted molar refractivity (Wildman–Crippen MR) is 65.3 cm³/mol. The zero-order chi connectivity index (χ0) is 12.3. The number of hydrogen-bond donors (Lipinski definition) is 1. The number of rotatable bonds is 2. The Hall–Kier alpha value is -1.67. The normalized spacial score (nSPS) is 24.4. The van der Waals surface area contributed by atoms with Gasteiger partial charge in [0.15, 0.2) is 11.5 Å². The average molecular weight is 231 g/mol. The Morgan fingerprint density at radius 1 is 1.53 bits per heavy atom. The lowest BCUT2D eigenvalue weighted by atomic mass is 9.90. The van der Waals surface area contributed by atoms with Crippen LogP contribution in [-0.2, 0) is 0 Å². The molecule has 2 unspecified atom stereocenters. The van der Waals surface area contributed by atoms with Crippen molar-refractivity contribution in [3.8, 4) is 6.07 Å². The van der Waals surface area contributed by atoms with E-state index in [-0.39, 0.29) is 6.04 Å². The Morgan fingerprint density at radius 3 is 3.00 bits per heavy atom. The molecule has 0 aliphatic carbocycles. The van der Waals surface area contributed by atoms with E-state index in [4.69, 9.17) is 11.0 Å². The molecule has 2 N–H and O–H groups in total. The largest absolute Gasteiger partial charge is 0.354 e. The van der Waals surface area contributed by atoms with Crippen LogP contribution in [0.3, 0.4) is 0 Å². The molecule has 1 aliphatic heterocycles. The van der Waals surface area contributed by atoms with Gasteiger partial charge in [0, 0.05) is 31.5 Å². The highest BCUT2D eigenvalue weighted by atomic mass is 15.2. The number of nitrogens with zero attached hydrogens (tertiary/aromatic N) is 4. The Morgan fingerprint density at radius 2 is 2.29 bits per heavy atom. The van der Waals surface area contributed by atoms with Gasteiger partial charge in [0.2, 0.25) is 0 Å². The molecule has 1 aromatic rings. The first kappa shape index (κ1) is 11.8. The van der Waals surface area contributed by atoms with Gasteiger partial charge in [-0.1, -0.05) is 13.3 Å². The summed E-state index contributed by atoms with van der Waals surface area (Å²) in [5.41, 5.74) is 6.47. The van der Waals surface area contributed by atoms with Crippen molar-refractivity contribution < 1.29 is 0 Å². The van der Waals surface area contributed by atoms with Crippen molar-refractivity contribution in [2.24, 2.45) is 11.7 Å². The summed E-state index contributed by atoms with van der Waals surface area (Å²) in [5.74, 6) is 1.16. The number of anilines is 1. The average Bonchev–Trinajstić information content (AvgIpc) is 2.39. The van der Waals surface area contributed by atoms with Gasteiger partial charge in [-0.15, -0.1) is 0 Å². The second-order valence-corrected chi connectivity index (χ2v) is 4.41. The molecule has 0 amide bonds. The molecule has 1 fully saturated rings. The van der Waals surface area contributed by atoms with Crippen LogP contribution >= 0.6 is 0 Å². The molecule has 17 heavy (non-hydrogen) atoms. The van der Waals surface area contributed by atoms with Crippen LogP contribution in [0.2, 0.25) is 0 Å². The molecule has 90 valence electrons. The van der Waals surface area contributed by atoms with E-state index in [9.17, 15) is 0 Å². The highest BCUT2D eigenvalue weighted by Crippen LogP contribution is 2.24. The van der Waals surface area contributed by atoms with Gasteiger partial charge in [0.05, 0.1) is 0 Å². The van der Waals surface area contributed by atoms with E-state index in [0.29, 0.717) is 17.4 Å². The third-order valence-corrected chi connectivity index (χ3v) is 3.40. The van der Waals surface area contributed by atoms with Crippen LogP contribution in [-0.4, -0.2) is 29.1 Å². The maximum atomic E-state index is 9.02. The second kappa shape index (κ2) is 5.11. The molecular weight excluding hydrogens is 214 g/mol. The molecule has 2 atom stereocenters. The number of nitrogens with two attached hydrogens (primary N) is 1. The van der Waals surface area contributed by atoms with E-state index >= 15 is 0 Å². The minimum atomic E-state index is 0.262. The van der Waals surface area contributed by atoms with Gasteiger partial charge in [-0.05, 0) is 12.3 Å². The standard InChI is InChI=1S/C12H17N5/c1-2-9-8-17(6-3-10(9)14)12-11(7-13)15-4-5-16-12/h4-5,9-10H,2-3,6,8,14H2,1H3. The van der Waals surface area contributed by atoms with Gasteiger partial charge >= 0.3 is 0 Å². The second-order valence-electron chi connectivity index (χ2n) is 4.41. The molecule has 0 saturated carbocycles. The summed E-state index contributed by atoms with van der Waals surface area (Å²) in [7, 11) is 0. The van der Waals surface area contributed by atoms with Gasteiger partial charge in [-0.25, -0.2) is 9.97 Å². The summed E-state index contributed by atoms with van der Waals surface area (Å²) in [6.45, 7) is 3.87. The summed E-state index contributed by atoms with van der Waals surface area (Å²) in [4.78, 5) is 10.4. The summed E-state index contributed by atoms with van der Waals surface area (Å²) in [6, 6.07) is 2.35. The van der Waals surface area contributed by atoms with Crippen molar-refractivity contribution in [2.75, 3.05) is 18.0 Å². The van der Waals surface area contributed by atoms with E-state index in [1.54, 1.807) is 12.4 Å². The highest BCUT2D eigenvalue weighted by molar-refractivity contribution is 5.49. The quantitative estimate of drug-likeness (QED) is 0.818. The zero-order valence-electron chi connectivity index (χ0n) is 10.0. The number of piperidine rings is 1. The SMILES string of the molecule is CCC1CN(c2nccnc2C#N)CCC1N. The zero-order valence-corrected chi connectivity index (χ0v) is 10.0. The third-order valence-electron chi connectivity index (χ3n) is 3.40. The highest BCUT2D eigenvalue weighted by Gasteiger charge is 2.27. The molecular formula is C12H17N5. The molecule has 0 aromatic carbocycles. The summed E-state index contributed by atoms with van der Waals surface area (Å²) < 4.78 is 0. The van der Waals surface area contributed by atoms with Crippen LogP contribution in [0.15, 0.2) is 12.4 Å². The number of nitriles is 1. The van der Waals surface area contributed by atoms with E-state index in [1.807, 2.05) is 0 Å². The molecule has 1 saturated heterocycles. The van der Waals surface area contributed by atoms with Crippen LogP contribution in [0, 0.1) is 17.2 Å².